The molecular formula is C10H15ClN4O4S. The molecule has 0 unspecified atom stereocenters. The molecule has 0 spiro atoms. The Morgan fingerprint density at radius 3 is 2.70 bits per heavy atom. The summed E-state index contributed by atoms with van der Waals surface area (Å²) in [7, 11) is -2.52. The maximum atomic E-state index is 12.0. The van der Waals surface area contributed by atoms with Crippen LogP contribution in [-0.2, 0) is 10.2 Å². The lowest BCUT2D eigenvalue weighted by atomic mass is 10.3. The van der Waals surface area contributed by atoms with E-state index in [9.17, 15) is 18.5 Å². The lowest BCUT2D eigenvalue weighted by Gasteiger charge is -2.17. The minimum atomic E-state index is -3.90. The summed E-state index contributed by atoms with van der Waals surface area (Å²) in [6, 6.07) is 2.32. The van der Waals surface area contributed by atoms with Crippen molar-refractivity contribution in [2.24, 2.45) is 0 Å². The van der Waals surface area contributed by atoms with Gasteiger partial charge in [0.05, 0.1) is 4.92 Å². The van der Waals surface area contributed by atoms with Crippen LogP contribution in [0.3, 0.4) is 0 Å². The van der Waals surface area contributed by atoms with E-state index < -0.39 is 26.6 Å². The van der Waals surface area contributed by atoms with Crippen LogP contribution in [0.15, 0.2) is 12.1 Å². The third kappa shape index (κ3) is 4.29. The molecule has 1 aromatic heterocycles. The van der Waals surface area contributed by atoms with Crippen molar-refractivity contribution in [3.05, 3.63) is 27.4 Å². The van der Waals surface area contributed by atoms with Gasteiger partial charge in [0, 0.05) is 19.7 Å². The minimum Gasteiger partial charge on any atom is -0.258 e. The third-order valence-corrected chi connectivity index (χ3v) is 4.16. The molecular weight excluding hydrogens is 308 g/mol. The van der Waals surface area contributed by atoms with E-state index in [2.05, 4.69) is 9.71 Å². The van der Waals surface area contributed by atoms with E-state index in [1.54, 1.807) is 0 Å². The zero-order valence-electron chi connectivity index (χ0n) is 11.0. The molecule has 1 rings (SSSR count). The lowest BCUT2D eigenvalue weighted by Crippen LogP contribution is -2.33. The standard InChI is InChI=1S/C10H15ClN4O4S/c1-3-4-7-14(2)20(18,19)13-10-8(15(16)17)5-6-9(11)12-10/h5-6H,3-4,7H2,1-2H3,(H,12,13). The van der Waals surface area contributed by atoms with Crippen molar-refractivity contribution < 1.29 is 13.3 Å². The molecule has 0 saturated heterocycles. The number of pyridine rings is 1. The van der Waals surface area contributed by atoms with Crippen molar-refractivity contribution >= 4 is 33.3 Å². The van der Waals surface area contributed by atoms with Crippen molar-refractivity contribution in [2.45, 2.75) is 19.8 Å². The first-order valence-corrected chi connectivity index (χ1v) is 7.64. The molecule has 112 valence electrons. The average molecular weight is 323 g/mol. The largest absolute Gasteiger partial charge is 0.312 e. The predicted octanol–water partition coefficient (Wildman–Crippen LogP) is 2.03. The van der Waals surface area contributed by atoms with Gasteiger partial charge >= 0.3 is 15.9 Å². The van der Waals surface area contributed by atoms with Gasteiger partial charge in [-0.2, -0.15) is 12.7 Å². The molecule has 1 N–H and O–H groups in total. The Kier molecular flexibility index (Phi) is 5.66. The summed E-state index contributed by atoms with van der Waals surface area (Å²) in [6.45, 7) is 2.23. The zero-order chi connectivity index (χ0) is 15.3. The Labute approximate surface area is 122 Å². The molecule has 0 fully saturated rings. The summed E-state index contributed by atoms with van der Waals surface area (Å²) in [5.41, 5.74) is -0.457. The van der Waals surface area contributed by atoms with Crippen molar-refractivity contribution in [2.75, 3.05) is 18.3 Å². The molecule has 0 bridgehead atoms. The van der Waals surface area contributed by atoms with E-state index in [0.29, 0.717) is 13.0 Å². The van der Waals surface area contributed by atoms with E-state index in [1.165, 1.54) is 13.1 Å². The summed E-state index contributed by atoms with van der Waals surface area (Å²) in [4.78, 5) is 13.8. The number of nitrogens with zero attached hydrogens (tertiary/aromatic N) is 3. The van der Waals surface area contributed by atoms with Crippen LogP contribution in [0.25, 0.3) is 0 Å². The summed E-state index contributed by atoms with van der Waals surface area (Å²) >= 11 is 5.63. The van der Waals surface area contributed by atoms with E-state index >= 15 is 0 Å². The molecule has 0 amide bonds. The molecule has 10 heteroatoms. The van der Waals surface area contributed by atoms with Gasteiger partial charge in [0.15, 0.2) is 0 Å². The van der Waals surface area contributed by atoms with Crippen LogP contribution in [0.1, 0.15) is 19.8 Å². The SMILES string of the molecule is CCCCN(C)S(=O)(=O)Nc1nc(Cl)ccc1[N+](=O)[O-]. The van der Waals surface area contributed by atoms with Gasteiger partial charge in [-0.3, -0.25) is 10.1 Å². The second-order valence-corrected chi connectivity index (χ2v) is 6.21. The van der Waals surface area contributed by atoms with Crippen molar-refractivity contribution in [1.82, 2.24) is 9.29 Å². The van der Waals surface area contributed by atoms with E-state index in [-0.39, 0.29) is 5.15 Å². The molecule has 0 radical (unpaired) electrons. The van der Waals surface area contributed by atoms with Crippen LogP contribution in [0.5, 0.6) is 0 Å². The molecule has 0 aliphatic rings. The molecule has 1 aromatic rings. The highest BCUT2D eigenvalue weighted by Gasteiger charge is 2.24. The number of nitrogens with one attached hydrogen (secondary N) is 1. The molecule has 1 heterocycles. The number of hydrogen-bond donors (Lipinski definition) is 1. The highest BCUT2D eigenvalue weighted by Crippen LogP contribution is 2.25. The monoisotopic (exact) mass is 322 g/mol. The van der Waals surface area contributed by atoms with E-state index in [4.69, 9.17) is 11.6 Å². The third-order valence-electron chi connectivity index (χ3n) is 2.50. The van der Waals surface area contributed by atoms with Crippen LogP contribution in [-0.4, -0.2) is 36.2 Å². The average Bonchev–Trinajstić information content (AvgIpc) is 2.34. The molecule has 20 heavy (non-hydrogen) atoms. The molecule has 0 aliphatic carbocycles. The van der Waals surface area contributed by atoms with E-state index in [1.807, 2.05) is 6.92 Å². The highest BCUT2D eigenvalue weighted by molar-refractivity contribution is 7.90. The first-order valence-electron chi connectivity index (χ1n) is 5.83. The first kappa shape index (κ1) is 16.6. The minimum absolute atomic E-state index is 0.0375. The van der Waals surface area contributed by atoms with Gasteiger partial charge < -0.3 is 0 Å². The Bertz CT molecular complexity index is 593. The van der Waals surface area contributed by atoms with Gasteiger partial charge in [0.2, 0.25) is 5.82 Å². The number of anilines is 1. The van der Waals surface area contributed by atoms with Crippen LogP contribution in [0.2, 0.25) is 5.15 Å². The molecule has 8 nitrogen and oxygen atoms in total. The zero-order valence-corrected chi connectivity index (χ0v) is 12.6. The fourth-order valence-electron chi connectivity index (χ4n) is 1.35. The van der Waals surface area contributed by atoms with Gasteiger partial charge in [0.25, 0.3) is 0 Å². The Morgan fingerprint density at radius 2 is 2.15 bits per heavy atom. The van der Waals surface area contributed by atoms with Gasteiger partial charge in [-0.25, -0.2) is 9.71 Å². The molecule has 0 aliphatic heterocycles. The Morgan fingerprint density at radius 1 is 1.50 bits per heavy atom. The number of aromatic nitrogens is 1. The number of nitro groups is 1. The van der Waals surface area contributed by atoms with Crippen LogP contribution in [0.4, 0.5) is 11.5 Å². The summed E-state index contributed by atoms with van der Waals surface area (Å²) in [5, 5.41) is 10.8. The Balaban J connectivity index is 3.02. The number of unbranched alkanes of at least 4 members (excludes halogenated alkanes) is 1. The number of halogens is 1. The lowest BCUT2D eigenvalue weighted by molar-refractivity contribution is -0.384. The normalized spacial score (nSPS) is 11.6. The first-order chi connectivity index (χ1) is 9.27. The Hall–Kier alpha value is -1.45. The molecule has 0 saturated carbocycles. The van der Waals surface area contributed by atoms with Gasteiger partial charge in [-0.1, -0.05) is 24.9 Å². The van der Waals surface area contributed by atoms with Crippen LogP contribution >= 0.6 is 11.6 Å². The van der Waals surface area contributed by atoms with E-state index in [0.717, 1.165) is 16.8 Å². The topological polar surface area (TPSA) is 105 Å². The van der Waals surface area contributed by atoms with Crippen molar-refractivity contribution in [3.8, 4) is 0 Å². The fourth-order valence-corrected chi connectivity index (χ4v) is 2.42. The number of rotatable bonds is 7. The quantitative estimate of drug-likeness (QED) is 0.469. The number of hydrogen-bond acceptors (Lipinski definition) is 5. The molecule has 0 atom stereocenters. The van der Waals surface area contributed by atoms with Crippen molar-refractivity contribution in [3.63, 3.8) is 0 Å². The summed E-state index contributed by atoms with van der Waals surface area (Å²) in [5.74, 6) is -0.397. The fraction of sp³-hybridized carbons (Fsp3) is 0.500. The van der Waals surface area contributed by atoms with Crippen LogP contribution in [0, 0.1) is 10.1 Å². The van der Waals surface area contributed by atoms with Gasteiger partial charge in [-0.15, -0.1) is 0 Å². The van der Waals surface area contributed by atoms with Crippen molar-refractivity contribution in [1.29, 1.82) is 0 Å². The second kappa shape index (κ2) is 6.82. The maximum Gasteiger partial charge on any atom is 0.312 e. The van der Waals surface area contributed by atoms with Gasteiger partial charge in [0.1, 0.15) is 5.15 Å². The summed E-state index contributed by atoms with van der Waals surface area (Å²) in [6.07, 6.45) is 1.51. The second-order valence-electron chi connectivity index (χ2n) is 4.04. The predicted molar refractivity (Wildman–Crippen MR) is 76.0 cm³/mol. The maximum absolute atomic E-state index is 12.0. The highest BCUT2D eigenvalue weighted by atomic mass is 35.5. The van der Waals surface area contributed by atoms with Crippen LogP contribution < -0.4 is 4.72 Å². The summed E-state index contributed by atoms with van der Waals surface area (Å²) < 4.78 is 27.2. The smallest absolute Gasteiger partial charge is 0.258 e. The van der Waals surface area contributed by atoms with Gasteiger partial charge in [-0.05, 0) is 12.5 Å². The molecule has 0 aromatic carbocycles.